The molecule has 0 amide bonds. The van der Waals surface area contributed by atoms with Crippen LogP contribution in [0, 0.1) is 13.8 Å². The van der Waals surface area contributed by atoms with Gasteiger partial charge < -0.3 is 19.9 Å². The number of ether oxygens (including phenoxy) is 2. The lowest BCUT2D eigenvalue weighted by molar-refractivity contribution is -0.143. The van der Waals surface area contributed by atoms with E-state index in [4.69, 9.17) is 14.6 Å². The standard InChI is InChI=1S/C16H23NO6S/c1-10-7-12(22-3)8-11(2)15(10)24(20,21)16(23-9-14(18)19)13-5-4-6-17-13/h7-8,13,16-17H,4-6,9H2,1-3H3,(H,18,19). The fourth-order valence-corrected chi connectivity index (χ4v) is 5.27. The first-order chi connectivity index (χ1) is 11.3. The lowest BCUT2D eigenvalue weighted by Crippen LogP contribution is -2.43. The Morgan fingerprint density at radius 3 is 2.46 bits per heavy atom. The van der Waals surface area contributed by atoms with Gasteiger partial charge in [0.2, 0.25) is 9.84 Å². The minimum Gasteiger partial charge on any atom is -0.497 e. The first kappa shape index (κ1) is 18.7. The van der Waals surface area contributed by atoms with E-state index >= 15 is 0 Å². The van der Waals surface area contributed by atoms with Gasteiger partial charge in [-0.15, -0.1) is 0 Å². The molecule has 1 saturated heterocycles. The Bertz CT molecular complexity index is 686. The number of aryl methyl sites for hydroxylation is 2. The fourth-order valence-electron chi connectivity index (χ4n) is 3.11. The monoisotopic (exact) mass is 357 g/mol. The summed E-state index contributed by atoms with van der Waals surface area (Å²) in [5.74, 6) is -0.623. The predicted octanol–water partition coefficient (Wildman–Crippen LogP) is 1.27. The Morgan fingerprint density at radius 2 is 2.00 bits per heavy atom. The lowest BCUT2D eigenvalue weighted by atomic mass is 10.1. The van der Waals surface area contributed by atoms with E-state index in [0.29, 0.717) is 29.8 Å². The summed E-state index contributed by atoms with van der Waals surface area (Å²) in [4.78, 5) is 11.0. The summed E-state index contributed by atoms with van der Waals surface area (Å²) < 4.78 is 36.8. The Morgan fingerprint density at radius 1 is 1.38 bits per heavy atom. The quantitative estimate of drug-likeness (QED) is 0.757. The molecule has 1 fully saturated rings. The molecule has 0 saturated carbocycles. The molecular formula is C16H23NO6S. The molecule has 134 valence electrons. The molecule has 0 radical (unpaired) electrons. The second kappa shape index (κ2) is 7.50. The minimum atomic E-state index is -3.87. The number of carbonyl (C=O) groups is 1. The van der Waals surface area contributed by atoms with Crippen LogP contribution >= 0.6 is 0 Å². The van der Waals surface area contributed by atoms with E-state index in [1.165, 1.54) is 7.11 Å². The van der Waals surface area contributed by atoms with Crippen molar-refractivity contribution < 1.29 is 27.8 Å². The van der Waals surface area contributed by atoms with Crippen LogP contribution in [0.15, 0.2) is 17.0 Å². The van der Waals surface area contributed by atoms with Crippen LogP contribution in [0.1, 0.15) is 24.0 Å². The number of carboxylic acid groups (broad SMARTS) is 1. The fraction of sp³-hybridized carbons (Fsp3) is 0.562. The van der Waals surface area contributed by atoms with Crippen molar-refractivity contribution in [1.29, 1.82) is 0 Å². The molecule has 0 bridgehead atoms. The lowest BCUT2D eigenvalue weighted by Gasteiger charge is -2.25. The zero-order chi connectivity index (χ0) is 17.9. The van der Waals surface area contributed by atoms with Crippen molar-refractivity contribution in [2.45, 2.75) is 43.1 Å². The van der Waals surface area contributed by atoms with Gasteiger partial charge in [-0.1, -0.05) is 0 Å². The van der Waals surface area contributed by atoms with Crippen molar-refractivity contribution in [2.75, 3.05) is 20.3 Å². The van der Waals surface area contributed by atoms with Crippen LogP contribution in [0.4, 0.5) is 0 Å². The van der Waals surface area contributed by atoms with Gasteiger partial charge in [0, 0.05) is 6.04 Å². The summed E-state index contributed by atoms with van der Waals surface area (Å²) in [6, 6.07) is 2.88. The normalized spacial score (nSPS) is 19.2. The highest BCUT2D eigenvalue weighted by Gasteiger charge is 2.39. The van der Waals surface area contributed by atoms with E-state index in [1.54, 1.807) is 26.0 Å². The van der Waals surface area contributed by atoms with Crippen LogP contribution in [0.2, 0.25) is 0 Å². The van der Waals surface area contributed by atoms with Crippen LogP contribution in [0.3, 0.4) is 0 Å². The molecule has 24 heavy (non-hydrogen) atoms. The second-order valence-corrected chi connectivity index (χ2v) is 7.87. The molecule has 1 aromatic rings. The van der Waals surface area contributed by atoms with Crippen molar-refractivity contribution >= 4 is 15.8 Å². The molecule has 0 aromatic heterocycles. The van der Waals surface area contributed by atoms with E-state index in [2.05, 4.69) is 5.32 Å². The summed E-state index contributed by atoms with van der Waals surface area (Å²) in [6.07, 6.45) is 1.45. The Hall–Kier alpha value is -1.64. The van der Waals surface area contributed by atoms with Crippen LogP contribution in [-0.2, 0) is 19.4 Å². The molecule has 0 aliphatic carbocycles. The van der Waals surface area contributed by atoms with Gasteiger partial charge in [-0.05, 0) is 56.5 Å². The van der Waals surface area contributed by atoms with E-state index < -0.39 is 33.9 Å². The Labute approximate surface area is 141 Å². The summed E-state index contributed by atoms with van der Waals surface area (Å²) in [5, 5.41) is 12.0. The largest absolute Gasteiger partial charge is 0.497 e. The molecule has 2 N–H and O–H groups in total. The first-order valence-electron chi connectivity index (χ1n) is 7.73. The average Bonchev–Trinajstić information content (AvgIpc) is 2.99. The highest BCUT2D eigenvalue weighted by Crippen LogP contribution is 2.31. The van der Waals surface area contributed by atoms with Gasteiger partial charge in [-0.2, -0.15) is 0 Å². The molecule has 2 rings (SSSR count). The molecule has 8 heteroatoms. The summed E-state index contributed by atoms with van der Waals surface area (Å²) in [7, 11) is -2.35. The maximum absolute atomic E-state index is 13.2. The van der Waals surface area contributed by atoms with Gasteiger partial charge in [0.15, 0.2) is 5.44 Å². The number of aliphatic carboxylic acids is 1. The number of nitrogens with one attached hydrogen (secondary N) is 1. The third-order valence-corrected chi connectivity index (χ3v) is 6.35. The van der Waals surface area contributed by atoms with Crippen LogP contribution in [-0.4, -0.2) is 51.2 Å². The minimum absolute atomic E-state index is 0.174. The van der Waals surface area contributed by atoms with Crippen LogP contribution < -0.4 is 10.1 Å². The van der Waals surface area contributed by atoms with Gasteiger partial charge in [0.1, 0.15) is 12.4 Å². The average molecular weight is 357 g/mol. The Kier molecular flexibility index (Phi) is 5.84. The molecule has 2 unspecified atom stereocenters. The number of carboxylic acids is 1. The SMILES string of the molecule is COc1cc(C)c(S(=O)(=O)C(OCC(=O)O)C2CCCN2)c(C)c1. The maximum atomic E-state index is 13.2. The molecule has 1 aromatic carbocycles. The van der Waals surface area contributed by atoms with E-state index in [-0.39, 0.29) is 4.90 Å². The molecular weight excluding hydrogens is 334 g/mol. The number of hydrogen-bond acceptors (Lipinski definition) is 6. The van der Waals surface area contributed by atoms with E-state index in [9.17, 15) is 13.2 Å². The molecule has 1 aliphatic rings. The maximum Gasteiger partial charge on any atom is 0.329 e. The third-order valence-electron chi connectivity index (χ3n) is 4.06. The summed E-state index contributed by atoms with van der Waals surface area (Å²) in [5.41, 5.74) is -0.135. The van der Waals surface area contributed by atoms with Gasteiger partial charge in [-0.25, -0.2) is 13.2 Å². The van der Waals surface area contributed by atoms with Crippen LogP contribution in [0.25, 0.3) is 0 Å². The van der Waals surface area contributed by atoms with Crippen molar-refractivity contribution in [3.05, 3.63) is 23.3 Å². The number of benzene rings is 1. The highest BCUT2D eigenvalue weighted by molar-refractivity contribution is 7.92. The zero-order valence-corrected chi connectivity index (χ0v) is 14.9. The van der Waals surface area contributed by atoms with Crippen molar-refractivity contribution in [3.63, 3.8) is 0 Å². The molecule has 2 atom stereocenters. The first-order valence-corrected chi connectivity index (χ1v) is 9.28. The topological polar surface area (TPSA) is 102 Å². The van der Waals surface area contributed by atoms with Gasteiger partial charge in [0.25, 0.3) is 0 Å². The van der Waals surface area contributed by atoms with Crippen molar-refractivity contribution in [2.24, 2.45) is 0 Å². The van der Waals surface area contributed by atoms with Gasteiger partial charge >= 0.3 is 5.97 Å². The van der Waals surface area contributed by atoms with E-state index in [1.807, 2.05) is 0 Å². The van der Waals surface area contributed by atoms with Gasteiger partial charge in [-0.3, -0.25) is 0 Å². The van der Waals surface area contributed by atoms with Crippen molar-refractivity contribution in [3.8, 4) is 5.75 Å². The van der Waals surface area contributed by atoms with Gasteiger partial charge in [0.05, 0.1) is 12.0 Å². The zero-order valence-electron chi connectivity index (χ0n) is 14.0. The number of sulfone groups is 1. The van der Waals surface area contributed by atoms with Crippen LogP contribution in [0.5, 0.6) is 5.75 Å². The number of rotatable bonds is 7. The van der Waals surface area contributed by atoms with E-state index in [0.717, 1.165) is 6.42 Å². The highest BCUT2D eigenvalue weighted by atomic mass is 32.2. The summed E-state index contributed by atoms with van der Waals surface area (Å²) in [6.45, 7) is 3.42. The smallest absolute Gasteiger partial charge is 0.329 e. The molecule has 1 heterocycles. The number of methoxy groups -OCH3 is 1. The molecule has 0 spiro atoms. The third kappa shape index (κ3) is 3.88. The summed E-state index contributed by atoms with van der Waals surface area (Å²) >= 11 is 0. The molecule has 1 aliphatic heterocycles. The second-order valence-electron chi connectivity index (χ2n) is 5.91. The predicted molar refractivity (Wildman–Crippen MR) is 88.1 cm³/mol. The number of hydrogen-bond donors (Lipinski definition) is 2. The Balaban J connectivity index is 2.45. The van der Waals surface area contributed by atoms with Crippen molar-refractivity contribution in [1.82, 2.24) is 5.32 Å². The molecule has 7 nitrogen and oxygen atoms in total.